The van der Waals surface area contributed by atoms with Crippen LogP contribution in [-0.2, 0) is 4.74 Å². The topological polar surface area (TPSA) is 9.23 Å². The van der Waals surface area contributed by atoms with Gasteiger partial charge in [-0.05, 0) is 11.3 Å². The Hall–Kier alpha value is 0.527. The standard InChI is InChI=1S/C4H12OSSi/c1-5-3-2-4(6)7/h4,6H,2-3H2,1,7H3. The van der Waals surface area contributed by atoms with Gasteiger partial charge < -0.3 is 4.74 Å². The molecule has 0 bridgehead atoms. The minimum atomic E-state index is 0.611. The van der Waals surface area contributed by atoms with Crippen LogP contribution in [-0.4, -0.2) is 28.8 Å². The summed E-state index contributed by atoms with van der Waals surface area (Å²) in [4.78, 5) is 0.611. The first-order valence-electron chi connectivity index (χ1n) is 2.44. The second-order valence-corrected chi connectivity index (χ2v) is 4.88. The lowest BCUT2D eigenvalue weighted by molar-refractivity contribution is 0.198. The maximum Gasteiger partial charge on any atom is 0.0469 e. The molecule has 0 aliphatic rings. The molecule has 0 aliphatic carbocycles. The molecule has 0 aliphatic heterocycles. The molecule has 1 atom stereocenters. The molecule has 0 saturated heterocycles. The normalized spacial score (nSPS) is 14.6. The fourth-order valence-corrected chi connectivity index (χ4v) is 0.630. The monoisotopic (exact) mass is 136 g/mol. The lowest BCUT2D eigenvalue weighted by Gasteiger charge is -1.99. The number of hydrogen-bond acceptors (Lipinski definition) is 2. The van der Waals surface area contributed by atoms with Crippen molar-refractivity contribution in [1.82, 2.24) is 0 Å². The molecule has 0 aromatic rings. The van der Waals surface area contributed by atoms with Crippen LogP contribution in [0.2, 0.25) is 0 Å². The lowest BCUT2D eigenvalue weighted by atomic mass is 10.5. The lowest BCUT2D eigenvalue weighted by Crippen LogP contribution is -2.01. The van der Waals surface area contributed by atoms with Gasteiger partial charge in [-0.2, -0.15) is 12.6 Å². The van der Waals surface area contributed by atoms with Gasteiger partial charge in [0.05, 0.1) is 0 Å². The van der Waals surface area contributed by atoms with Crippen LogP contribution in [0, 0.1) is 0 Å². The quantitative estimate of drug-likeness (QED) is 0.412. The molecule has 1 unspecified atom stereocenters. The Labute approximate surface area is 53.3 Å². The van der Waals surface area contributed by atoms with Crippen molar-refractivity contribution in [2.24, 2.45) is 0 Å². The van der Waals surface area contributed by atoms with E-state index in [4.69, 9.17) is 4.74 Å². The third kappa shape index (κ3) is 6.53. The van der Waals surface area contributed by atoms with E-state index in [0.29, 0.717) is 4.87 Å². The van der Waals surface area contributed by atoms with E-state index in [9.17, 15) is 0 Å². The largest absolute Gasteiger partial charge is 0.385 e. The highest BCUT2D eigenvalue weighted by molar-refractivity contribution is 7.82. The summed E-state index contributed by atoms with van der Waals surface area (Å²) in [5, 5.41) is 0. The molecule has 0 spiro atoms. The first-order chi connectivity index (χ1) is 3.27. The molecule has 7 heavy (non-hydrogen) atoms. The van der Waals surface area contributed by atoms with Crippen LogP contribution >= 0.6 is 12.6 Å². The Morgan fingerprint density at radius 1 is 1.86 bits per heavy atom. The maximum atomic E-state index is 4.83. The van der Waals surface area contributed by atoms with Crippen molar-refractivity contribution in [3.8, 4) is 0 Å². The van der Waals surface area contributed by atoms with Crippen LogP contribution in [0.15, 0.2) is 0 Å². The van der Waals surface area contributed by atoms with Gasteiger partial charge in [0, 0.05) is 24.0 Å². The van der Waals surface area contributed by atoms with Gasteiger partial charge in [0.15, 0.2) is 0 Å². The van der Waals surface area contributed by atoms with Crippen molar-refractivity contribution in [2.75, 3.05) is 13.7 Å². The smallest absolute Gasteiger partial charge is 0.0469 e. The molecule has 0 saturated carbocycles. The summed E-state index contributed by atoms with van der Waals surface area (Å²) in [6, 6.07) is 0. The molecule has 0 rings (SSSR count). The molecule has 0 radical (unpaired) electrons. The Morgan fingerprint density at radius 3 is 2.57 bits per heavy atom. The second-order valence-electron chi connectivity index (χ2n) is 1.63. The Bertz CT molecular complexity index is 40.7. The fourth-order valence-electron chi connectivity index (χ4n) is 0.288. The van der Waals surface area contributed by atoms with Gasteiger partial charge in [-0.15, -0.1) is 0 Å². The molecule has 0 heterocycles. The average Bonchev–Trinajstić information content (AvgIpc) is 1.61. The molecular weight excluding hydrogens is 124 g/mol. The van der Waals surface area contributed by atoms with E-state index in [2.05, 4.69) is 12.6 Å². The molecule has 3 heteroatoms. The van der Waals surface area contributed by atoms with Gasteiger partial charge in [-0.3, -0.25) is 0 Å². The van der Waals surface area contributed by atoms with E-state index >= 15 is 0 Å². The maximum absolute atomic E-state index is 4.83. The zero-order valence-electron chi connectivity index (χ0n) is 4.85. The van der Waals surface area contributed by atoms with Crippen LogP contribution < -0.4 is 0 Å². The van der Waals surface area contributed by atoms with Crippen molar-refractivity contribution in [1.29, 1.82) is 0 Å². The number of hydrogen-bond donors (Lipinski definition) is 1. The Kier molecular flexibility index (Phi) is 5.03. The first kappa shape index (κ1) is 7.53. The van der Waals surface area contributed by atoms with E-state index in [1.54, 1.807) is 7.11 Å². The number of ether oxygens (including phenoxy) is 1. The minimum absolute atomic E-state index is 0.611. The van der Waals surface area contributed by atoms with Crippen LogP contribution in [0.5, 0.6) is 0 Å². The zero-order chi connectivity index (χ0) is 5.70. The fraction of sp³-hybridized carbons (Fsp3) is 1.00. The number of rotatable bonds is 3. The molecule has 0 N–H and O–H groups in total. The van der Waals surface area contributed by atoms with E-state index in [1.807, 2.05) is 0 Å². The SMILES string of the molecule is COCCC([SiH3])S. The average molecular weight is 136 g/mol. The Morgan fingerprint density at radius 2 is 2.43 bits per heavy atom. The van der Waals surface area contributed by atoms with Crippen molar-refractivity contribution in [3.63, 3.8) is 0 Å². The van der Waals surface area contributed by atoms with E-state index < -0.39 is 0 Å². The van der Waals surface area contributed by atoms with Gasteiger partial charge in [0.25, 0.3) is 0 Å². The third-order valence-electron chi connectivity index (χ3n) is 0.740. The van der Waals surface area contributed by atoms with Crippen molar-refractivity contribution >= 4 is 22.9 Å². The van der Waals surface area contributed by atoms with E-state index in [0.717, 1.165) is 13.0 Å². The summed E-state index contributed by atoms with van der Waals surface area (Å²) in [7, 11) is 2.89. The molecule has 0 fully saturated rings. The minimum Gasteiger partial charge on any atom is -0.385 e. The van der Waals surface area contributed by atoms with Crippen LogP contribution in [0.3, 0.4) is 0 Å². The van der Waals surface area contributed by atoms with Gasteiger partial charge in [0.2, 0.25) is 0 Å². The van der Waals surface area contributed by atoms with Crippen LogP contribution in [0.25, 0.3) is 0 Å². The van der Waals surface area contributed by atoms with Crippen molar-refractivity contribution in [2.45, 2.75) is 11.3 Å². The summed E-state index contributed by atoms with van der Waals surface area (Å²) < 4.78 is 4.83. The van der Waals surface area contributed by atoms with Gasteiger partial charge >= 0.3 is 0 Å². The van der Waals surface area contributed by atoms with Crippen LogP contribution in [0.4, 0.5) is 0 Å². The van der Waals surface area contributed by atoms with Gasteiger partial charge in [0.1, 0.15) is 0 Å². The van der Waals surface area contributed by atoms with Gasteiger partial charge in [-0.25, -0.2) is 0 Å². The predicted octanol–water partition coefficient (Wildman–Crippen LogP) is -0.356. The number of methoxy groups -OCH3 is 1. The van der Waals surface area contributed by atoms with E-state index in [1.165, 1.54) is 10.2 Å². The van der Waals surface area contributed by atoms with Crippen molar-refractivity contribution in [3.05, 3.63) is 0 Å². The summed E-state index contributed by atoms with van der Waals surface area (Å²) in [6.45, 7) is 0.859. The van der Waals surface area contributed by atoms with E-state index in [-0.39, 0.29) is 0 Å². The molecule has 44 valence electrons. The summed E-state index contributed by atoms with van der Waals surface area (Å²) in [6.07, 6.45) is 1.10. The second kappa shape index (κ2) is 4.68. The number of thiol groups is 1. The van der Waals surface area contributed by atoms with Crippen molar-refractivity contribution < 1.29 is 4.74 Å². The highest BCUT2D eigenvalue weighted by Gasteiger charge is 1.90. The Balaban J connectivity index is 2.68. The predicted molar refractivity (Wildman–Crippen MR) is 39.2 cm³/mol. The van der Waals surface area contributed by atoms with Crippen LogP contribution in [0.1, 0.15) is 6.42 Å². The summed E-state index contributed by atoms with van der Waals surface area (Å²) in [5.74, 6) is 0. The third-order valence-corrected chi connectivity index (χ3v) is 1.58. The summed E-state index contributed by atoms with van der Waals surface area (Å²) in [5.41, 5.74) is 0. The molecular formula is C4H12OSSi. The highest BCUT2D eigenvalue weighted by Crippen LogP contribution is 1.93. The molecule has 0 amide bonds. The zero-order valence-corrected chi connectivity index (χ0v) is 7.74. The summed E-state index contributed by atoms with van der Waals surface area (Å²) >= 11 is 4.21. The molecule has 0 aromatic heterocycles. The highest BCUT2D eigenvalue weighted by atomic mass is 32.1. The first-order valence-corrected chi connectivity index (χ1v) is 4.11. The molecule has 0 aromatic carbocycles. The van der Waals surface area contributed by atoms with Gasteiger partial charge in [-0.1, -0.05) is 0 Å². The molecule has 1 nitrogen and oxygen atoms in total.